The summed E-state index contributed by atoms with van der Waals surface area (Å²) in [6, 6.07) is 5.22. The van der Waals surface area contributed by atoms with Crippen molar-refractivity contribution in [2.45, 2.75) is 24.8 Å². The smallest absolute Gasteiger partial charge is 0.338 e. The molecule has 0 aliphatic heterocycles. The highest BCUT2D eigenvalue weighted by Crippen LogP contribution is 2.39. The van der Waals surface area contributed by atoms with Gasteiger partial charge < -0.3 is 5.73 Å². The summed E-state index contributed by atoms with van der Waals surface area (Å²) in [6.45, 7) is 0. The lowest BCUT2D eigenvalue weighted by Gasteiger charge is -2.39. The van der Waals surface area contributed by atoms with Gasteiger partial charge in [0, 0.05) is 0 Å². The zero-order valence-electron chi connectivity index (χ0n) is 8.64. The van der Waals surface area contributed by atoms with Crippen molar-refractivity contribution in [2.24, 2.45) is 5.73 Å². The van der Waals surface area contributed by atoms with Crippen molar-refractivity contribution in [1.82, 2.24) is 5.06 Å². The third kappa shape index (κ3) is 1.99. The average molecular weight is 224 g/mol. The summed E-state index contributed by atoms with van der Waals surface area (Å²) in [5.74, 6) is 0.000133. The molecule has 1 aromatic rings. The number of amides is 2. The van der Waals surface area contributed by atoms with E-state index in [4.69, 9.17) is 5.73 Å². The Morgan fingerprint density at radius 1 is 1.38 bits per heavy atom. The molecule has 1 aliphatic rings. The highest BCUT2D eigenvalue weighted by Gasteiger charge is 2.35. The quantitative estimate of drug-likeness (QED) is 0.594. The van der Waals surface area contributed by atoms with Crippen molar-refractivity contribution >= 4 is 6.03 Å². The Morgan fingerprint density at radius 3 is 2.44 bits per heavy atom. The fourth-order valence-corrected chi connectivity index (χ4v) is 1.97. The largest absolute Gasteiger partial charge is 0.350 e. The summed E-state index contributed by atoms with van der Waals surface area (Å²) in [6.07, 6.45) is 1.32. The third-order valence-corrected chi connectivity index (χ3v) is 3.03. The third-order valence-electron chi connectivity index (χ3n) is 3.03. The Kier molecular flexibility index (Phi) is 2.78. The van der Waals surface area contributed by atoms with Crippen LogP contribution in [0.5, 0.6) is 0 Å². The average Bonchev–Trinajstić information content (AvgIpc) is 2.18. The summed E-state index contributed by atoms with van der Waals surface area (Å²) < 4.78 is 12.7. The number of rotatable bonds is 2. The van der Waals surface area contributed by atoms with Gasteiger partial charge in [-0.15, -0.1) is 0 Å². The molecule has 1 aliphatic carbocycles. The molecule has 5 heteroatoms. The molecule has 3 N–H and O–H groups in total. The van der Waals surface area contributed by atoms with E-state index in [1.54, 1.807) is 12.1 Å². The SMILES string of the molecule is NC(=O)N(O)[C@H]1C[C@@H](c2ccc(F)cc2)C1. The molecule has 2 rings (SSSR count). The number of halogens is 1. The van der Waals surface area contributed by atoms with Crippen molar-refractivity contribution in [2.75, 3.05) is 0 Å². The Morgan fingerprint density at radius 2 is 1.94 bits per heavy atom. The molecule has 1 aromatic carbocycles. The number of hydroxylamine groups is 2. The van der Waals surface area contributed by atoms with E-state index in [9.17, 15) is 14.4 Å². The van der Waals surface area contributed by atoms with Gasteiger partial charge in [-0.2, -0.15) is 0 Å². The van der Waals surface area contributed by atoms with Crippen LogP contribution in [0.15, 0.2) is 24.3 Å². The van der Waals surface area contributed by atoms with E-state index in [0.717, 1.165) is 5.56 Å². The highest BCUT2D eigenvalue weighted by atomic mass is 19.1. The summed E-state index contributed by atoms with van der Waals surface area (Å²) in [5.41, 5.74) is 5.96. The van der Waals surface area contributed by atoms with Gasteiger partial charge in [-0.05, 0) is 36.5 Å². The number of nitrogens with two attached hydrogens (primary N) is 1. The van der Waals surface area contributed by atoms with Gasteiger partial charge in [0.05, 0.1) is 6.04 Å². The van der Waals surface area contributed by atoms with E-state index < -0.39 is 6.03 Å². The van der Waals surface area contributed by atoms with Gasteiger partial charge in [0.15, 0.2) is 0 Å². The number of carbonyl (C=O) groups is 1. The van der Waals surface area contributed by atoms with Gasteiger partial charge in [0.25, 0.3) is 0 Å². The Hall–Kier alpha value is -1.62. The number of carbonyl (C=O) groups excluding carboxylic acids is 1. The zero-order valence-corrected chi connectivity index (χ0v) is 8.64. The van der Waals surface area contributed by atoms with E-state index in [1.165, 1.54) is 12.1 Å². The van der Waals surface area contributed by atoms with Crippen LogP contribution in [-0.2, 0) is 0 Å². The fraction of sp³-hybridized carbons (Fsp3) is 0.364. The summed E-state index contributed by atoms with van der Waals surface area (Å²) in [4.78, 5) is 10.7. The van der Waals surface area contributed by atoms with Gasteiger partial charge in [-0.1, -0.05) is 12.1 Å². The molecule has 0 heterocycles. The number of hydrogen-bond acceptors (Lipinski definition) is 2. The number of urea groups is 1. The van der Waals surface area contributed by atoms with Gasteiger partial charge in [-0.3, -0.25) is 5.21 Å². The van der Waals surface area contributed by atoms with Crippen LogP contribution < -0.4 is 5.73 Å². The number of primary amides is 1. The molecular weight excluding hydrogens is 211 g/mol. The minimum Gasteiger partial charge on any atom is -0.350 e. The first-order chi connectivity index (χ1) is 7.58. The molecule has 2 amide bonds. The van der Waals surface area contributed by atoms with E-state index >= 15 is 0 Å². The lowest BCUT2D eigenvalue weighted by molar-refractivity contribution is -0.102. The van der Waals surface area contributed by atoms with E-state index in [0.29, 0.717) is 17.9 Å². The number of nitrogens with zero attached hydrogens (tertiary/aromatic N) is 1. The maximum absolute atomic E-state index is 12.7. The first-order valence-electron chi connectivity index (χ1n) is 5.11. The van der Waals surface area contributed by atoms with E-state index in [2.05, 4.69) is 0 Å². The second-order valence-corrected chi connectivity index (χ2v) is 4.06. The Bertz CT molecular complexity index is 387. The van der Waals surface area contributed by atoms with E-state index in [-0.39, 0.29) is 17.8 Å². The maximum Gasteiger partial charge on any atom is 0.338 e. The minimum absolute atomic E-state index is 0.215. The molecule has 0 bridgehead atoms. The summed E-state index contributed by atoms with van der Waals surface area (Å²) >= 11 is 0. The van der Waals surface area contributed by atoms with Gasteiger partial charge >= 0.3 is 6.03 Å². The highest BCUT2D eigenvalue weighted by molar-refractivity contribution is 5.71. The van der Waals surface area contributed by atoms with Crippen molar-refractivity contribution in [3.63, 3.8) is 0 Å². The fourth-order valence-electron chi connectivity index (χ4n) is 1.97. The molecule has 16 heavy (non-hydrogen) atoms. The maximum atomic E-state index is 12.7. The Balaban J connectivity index is 1.93. The molecule has 86 valence electrons. The molecular formula is C11H13FN2O2. The predicted octanol–water partition coefficient (Wildman–Crippen LogP) is 1.84. The molecule has 0 aromatic heterocycles. The van der Waals surface area contributed by atoms with Gasteiger partial charge in [0.1, 0.15) is 5.82 Å². The Labute approximate surface area is 92.4 Å². The number of hydrogen-bond donors (Lipinski definition) is 2. The van der Waals surface area contributed by atoms with Crippen molar-refractivity contribution < 1.29 is 14.4 Å². The second-order valence-electron chi connectivity index (χ2n) is 4.06. The molecule has 0 radical (unpaired) electrons. The minimum atomic E-state index is -0.831. The molecule has 0 saturated heterocycles. The monoisotopic (exact) mass is 224 g/mol. The first kappa shape index (κ1) is 10.9. The van der Waals surface area contributed by atoms with Gasteiger partial charge in [0.2, 0.25) is 0 Å². The number of benzene rings is 1. The molecule has 0 unspecified atom stereocenters. The van der Waals surface area contributed by atoms with Crippen LogP contribution in [0.25, 0.3) is 0 Å². The van der Waals surface area contributed by atoms with Crippen LogP contribution in [0, 0.1) is 5.82 Å². The second kappa shape index (κ2) is 4.09. The van der Waals surface area contributed by atoms with Crippen molar-refractivity contribution in [1.29, 1.82) is 0 Å². The van der Waals surface area contributed by atoms with Gasteiger partial charge in [-0.25, -0.2) is 14.2 Å². The summed E-state index contributed by atoms with van der Waals surface area (Å²) in [7, 11) is 0. The van der Waals surface area contributed by atoms with Crippen LogP contribution >= 0.6 is 0 Å². The van der Waals surface area contributed by atoms with E-state index in [1.807, 2.05) is 0 Å². The molecule has 1 fully saturated rings. The van der Waals surface area contributed by atoms with Crippen molar-refractivity contribution in [3.05, 3.63) is 35.6 Å². The lowest BCUT2D eigenvalue weighted by Crippen LogP contribution is -2.47. The van der Waals surface area contributed by atoms with Crippen LogP contribution in [0.2, 0.25) is 0 Å². The first-order valence-corrected chi connectivity index (χ1v) is 5.11. The van der Waals surface area contributed by atoms with Crippen LogP contribution in [0.4, 0.5) is 9.18 Å². The van der Waals surface area contributed by atoms with Crippen LogP contribution in [0.1, 0.15) is 24.3 Å². The summed E-state index contributed by atoms with van der Waals surface area (Å²) in [5, 5.41) is 9.82. The normalized spacial score (nSPS) is 23.6. The molecule has 1 saturated carbocycles. The zero-order chi connectivity index (χ0) is 11.7. The topological polar surface area (TPSA) is 66.6 Å². The standard InChI is InChI=1S/C11H13FN2O2/c12-9-3-1-7(2-4-9)8-5-10(6-8)14(16)11(13)15/h1-4,8,10,16H,5-6H2,(H2,13,15)/t8-,10+. The van der Waals surface area contributed by atoms with Crippen molar-refractivity contribution in [3.8, 4) is 0 Å². The lowest BCUT2D eigenvalue weighted by atomic mass is 9.76. The molecule has 4 nitrogen and oxygen atoms in total. The molecule has 0 atom stereocenters. The van der Waals surface area contributed by atoms with Crippen LogP contribution in [0.3, 0.4) is 0 Å². The molecule has 0 spiro atoms. The van der Waals surface area contributed by atoms with Crippen LogP contribution in [-0.4, -0.2) is 22.3 Å². The predicted molar refractivity (Wildman–Crippen MR) is 55.4 cm³/mol.